The average molecular weight is 382 g/mol. The molecule has 0 aromatic heterocycles. The molecule has 126 valence electrons. The van der Waals surface area contributed by atoms with Gasteiger partial charge in [0.1, 0.15) is 5.69 Å². The molecule has 0 radical (unpaired) electrons. The molecular weight excluding hydrogens is 376 g/mol. The molecule has 0 bridgehead atoms. The molecule has 2 aromatic rings. The lowest BCUT2D eigenvalue weighted by atomic mass is 10.2. The van der Waals surface area contributed by atoms with Crippen molar-refractivity contribution in [1.82, 2.24) is 0 Å². The van der Waals surface area contributed by atoms with E-state index in [0.29, 0.717) is 0 Å². The molecular formula is C15H6Cl2F5NO. The summed E-state index contributed by atoms with van der Waals surface area (Å²) >= 11 is 11.7. The lowest BCUT2D eigenvalue weighted by molar-refractivity contribution is -0.111. The van der Waals surface area contributed by atoms with E-state index in [1.165, 1.54) is 12.1 Å². The predicted molar refractivity (Wildman–Crippen MR) is 80.4 cm³/mol. The second kappa shape index (κ2) is 7.19. The summed E-state index contributed by atoms with van der Waals surface area (Å²) in [6.07, 6.45) is 1.91. The summed E-state index contributed by atoms with van der Waals surface area (Å²) in [5.74, 6) is -12.1. The molecule has 0 atom stereocenters. The van der Waals surface area contributed by atoms with Crippen LogP contribution in [0.1, 0.15) is 5.56 Å². The lowest BCUT2D eigenvalue weighted by Gasteiger charge is -2.08. The first-order valence-corrected chi connectivity index (χ1v) is 6.94. The maximum atomic E-state index is 13.5. The quantitative estimate of drug-likeness (QED) is 0.330. The molecule has 0 spiro atoms. The van der Waals surface area contributed by atoms with Gasteiger partial charge in [0, 0.05) is 21.7 Å². The Balaban J connectivity index is 2.30. The van der Waals surface area contributed by atoms with Gasteiger partial charge in [0.05, 0.1) is 0 Å². The zero-order valence-electron chi connectivity index (χ0n) is 11.4. The number of amides is 1. The van der Waals surface area contributed by atoms with Gasteiger partial charge in [-0.25, -0.2) is 22.0 Å². The normalized spacial score (nSPS) is 11.1. The Kier molecular flexibility index (Phi) is 5.46. The highest BCUT2D eigenvalue weighted by Crippen LogP contribution is 2.28. The van der Waals surface area contributed by atoms with Crippen LogP contribution < -0.4 is 5.32 Å². The number of carbonyl (C=O) groups excluding carboxylic acids is 1. The minimum absolute atomic E-state index is 0.197. The molecule has 0 saturated heterocycles. The third-order valence-electron chi connectivity index (χ3n) is 2.86. The van der Waals surface area contributed by atoms with Crippen molar-refractivity contribution in [1.29, 1.82) is 0 Å². The zero-order chi connectivity index (χ0) is 18.0. The van der Waals surface area contributed by atoms with E-state index in [1.807, 2.05) is 0 Å². The summed E-state index contributed by atoms with van der Waals surface area (Å²) in [6.45, 7) is 0. The highest BCUT2D eigenvalue weighted by atomic mass is 35.5. The molecule has 1 amide bonds. The third kappa shape index (κ3) is 3.52. The Hall–Kier alpha value is -2.12. The number of halogens is 7. The summed E-state index contributed by atoms with van der Waals surface area (Å²) in [7, 11) is 0. The van der Waals surface area contributed by atoms with Gasteiger partial charge >= 0.3 is 0 Å². The fourth-order valence-electron chi connectivity index (χ4n) is 1.71. The summed E-state index contributed by atoms with van der Waals surface area (Å²) in [5.41, 5.74) is -1.21. The van der Waals surface area contributed by atoms with Crippen LogP contribution in [-0.4, -0.2) is 5.91 Å². The van der Waals surface area contributed by atoms with Crippen LogP contribution >= 0.6 is 23.2 Å². The van der Waals surface area contributed by atoms with Crippen LogP contribution in [0.4, 0.5) is 27.6 Å². The third-order valence-corrected chi connectivity index (χ3v) is 3.52. The Morgan fingerprint density at radius 2 is 1.33 bits per heavy atom. The van der Waals surface area contributed by atoms with E-state index in [0.717, 1.165) is 12.2 Å². The van der Waals surface area contributed by atoms with E-state index in [9.17, 15) is 26.7 Å². The van der Waals surface area contributed by atoms with E-state index in [2.05, 4.69) is 0 Å². The predicted octanol–water partition coefficient (Wildman–Crippen LogP) is 5.34. The van der Waals surface area contributed by atoms with Gasteiger partial charge in [-0.3, -0.25) is 4.79 Å². The van der Waals surface area contributed by atoms with Gasteiger partial charge < -0.3 is 5.32 Å². The minimum Gasteiger partial charge on any atom is -0.317 e. The average Bonchev–Trinajstić information content (AvgIpc) is 2.54. The molecule has 2 rings (SSSR count). The molecule has 1 N–H and O–H groups in total. The molecule has 0 unspecified atom stereocenters. The van der Waals surface area contributed by atoms with Crippen LogP contribution in [0.5, 0.6) is 0 Å². The Morgan fingerprint density at radius 3 is 1.83 bits per heavy atom. The van der Waals surface area contributed by atoms with Gasteiger partial charge in [0.15, 0.2) is 23.3 Å². The van der Waals surface area contributed by atoms with Gasteiger partial charge in [-0.2, -0.15) is 0 Å². The largest absolute Gasteiger partial charge is 0.317 e. The van der Waals surface area contributed by atoms with Crippen molar-refractivity contribution in [2.45, 2.75) is 0 Å². The second-order valence-corrected chi connectivity index (χ2v) is 5.22. The lowest BCUT2D eigenvalue weighted by Crippen LogP contribution is -2.14. The number of benzene rings is 2. The van der Waals surface area contributed by atoms with Crippen molar-refractivity contribution < 1.29 is 26.7 Å². The van der Waals surface area contributed by atoms with Crippen molar-refractivity contribution in [2.24, 2.45) is 0 Å². The number of hydrogen-bond donors (Lipinski definition) is 1. The van der Waals surface area contributed by atoms with Gasteiger partial charge in [0.2, 0.25) is 11.7 Å². The summed E-state index contributed by atoms with van der Waals surface area (Å²) in [5, 5.41) is 1.98. The van der Waals surface area contributed by atoms with Gasteiger partial charge in [0.25, 0.3) is 0 Å². The fraction of sp³-hybridized carbons (Fsp3) is 0. The molecule has 0 aliphatic carbocycles. The standard InChI is InChI=1S/C15H6Cl2F5NO/c16-7-2-1-3-8(17)6(7)4-5-9(24)23-15-13(21)11(19)10(18)12(20)14(15)22/h1-5H,(H,23,24)/b5-4-. The monoisotopic (exact) mass is 381 g/mol. The van der Waals surface area contributed by atoms with Crippen LogP contribution in [0.2, 0.25) is 10.0 Å². The van der Waals surface area contributed by atoms with Crippen LogP contribution in [0.25, 0.3) is 6.08 Å². The minimum atomic E-state index is -2.32. The van der Waals surface area contributed by atoms with E-state index >= 15 is 0 Å². The van der Waals surface area contributed by atoms with Crippen molar-refractivity contribution in [3.05, 3.63) is 69.0 Å². The summed E-state index contributed by atoms with van der Waals surface area (Å²) < 4.78 is 65.9. The van der Waals surface area contributed by atoms with Gasteiger partial charge in [-0.05, 0) is 18.2 Å². The molecule has 0 saturated carbocycles. The smallest absolute Gasteiger partial charge is 0.248 e. The fourth-order valence-corrected chi connectivity index (χ4v) is 2.23. The molecule has 2 nitrogen and oxygen atoms in total. The topological polar surface area (TPSA) is 29.1 Å². The summed E-state index contributed by atoms with van der Waals surface area (Å²) in [4.78, 5) is 11.7. The van der Waals surface area contributed by atoms with Crippen LogP contribution in [0.3, 0.4) is 0 Å². The molecule has 0 fully saturated rings. The molecule has 0 aliphatic heterocycles. The van der Waals surface area contributed by atoms with Crippen molar-refractivity contribution in [3.63, 3.8) is 0 Å². The molecule has 9 heteroatoms. The molecule has 0 heterocycles. The van der Waals surface area contributed by atoms with E-state index < -0.39 is 40.7 Å². The van der Waals surface area contributed by atoms with Crippen molar-refractivity contribution in [3.8, 4) is 0 Å². The number of carbonyl (C=O) groups is 1. The highest BCUT2D eigenvalue weighted by molar-refractivity contribution is 6.37. The number of rotatable bonds is 3. The first-order valence-electron chi connectivity index (χ1n) is 6.18. The Labute approximate surface area is 142 Å². The van der Waals surface area contributed by atoms with E-state index in [4.69, 9.17) is 23.2 Å². The second-order valence-electron chi connectivity index (χ2n) is 4.40. The van der Waals surface area contributed by atoms with Crippen LogP contribution in [-0.2, 0) is 4.79 Å². The Bertz CT molecular complexity index is 805. The maximum Gasteiger partial charge on any atom is 0.248 e. The number of hydrogen-bond acceptors (Lipinski definition) is 1. The number of nitrogens with one attached hydrogen (secondary N) is 1. The zero-order valence-corrected chi connectivity index (χ0v) is 13.0. The van der Waals surface area contributed by atoms with Crippen LogP contribution in [0.15, 0.2) is 24.3 Å². The van der Waals surface area contributed by atoms with Crippen molar-refractivity contribution in [2.75, 3.05) is 5.32 Å². The first kappa shape index (κ1) is 18.2. The maximum absolute atomic E-state index is 13.5. The van der Waals surface area contributed by atoms with Gasteiger partial charge in [-0.1, -0.05) is 29.3 Å². The molecule has 24 heavy (non-hydrogen) atoms. The highest BCUT2D eigenvalue weighted by Gasteiger charge is 2.26. The first-order chi connectivity index (χ1) is 11.2. The molecule has 2 aromatic carbocycles. The molecule has 0 aliphatic rings. The summed E-state index contributed by atoms with van der Waals surface area (Å²) in [6, 6.07) is 4.51. The van der Waals surface area contributed by atoms with E-state index in [1.54, 1.807) is 11.4 Å². The van der Waals surface area contributed by atoms with Crippen LogP contribution in [0, 0.1) is 29.1 Å². The number of anilines is 1. The van der Waals surface area contributed by atoms with E-state index in [-0.39, 0.29) is 15.6 Å². The van der Waals surface area contributed by atoms with Crippen molar-refractivity contribution >= 4 is 40.9 Å². The van der Waals surface area contributed by atoms with Gasteiger partial charge in [-0.15, -0.1) is 0 Å². The Morgan fingerprint density at radius 1 is 0.875 bits per heavy atom. The SMILES string of the molecule is O=C(/C=C\c1c(Cl)cccc1Cl)Nc1c(F)c(F)c(F)c(F)c1F.